The lowest BCUT2D eigenvalue weighted by Crippen LogP contribution is -2.49. The molecule has 2 aliphatic rings. The zero-order chi connectivity index (χ0) is 13.7. The molecule has 0 radical (unpaired) electrons. The number of aliphatic hydroxyl groups excluding tert-OH is 2. The van der Waals surface area contributed by atoms with Crippen LogP contribution in [0.4, 0.5) is 0 Å². The van der Waals surface area contributed by atoms with E-state index in [9.17, 15) is 15.3 Å². The first-order valence-electron chi connectivity index (χ1n) is 6.98. The predicted molar refractivity (Wildman–Crippen MR) is 71.0 cm³/mol. The second-order valence-electron chi connectivity index (χ2n) is 6.89. The zero-order valence-electron chi connectivity index (χ0n) is 11.7. The van der Waals surface area contributed by atoms with Gasteiger partial charge in [-0.1, -0.05) is 27.4 Å². The van der Waals surface area contributed by atoms with E-state index in [2.05, 4.69) is 13.5 Å². The van der Waals surface area contributed by atoms with Gasteiger partial charge >= 0.3 is 0 Å². The van der Waals surface area contributed by atoms with Gasteiger partial charge in [0.15, 0.2) is 0 Å². The van der Waals surface area contributed by atoms with E-state index in [1.807, 2.05) is 13.8 Å². The normalized spacial score (nSPS) is 49.3. The summed E-state index contributed by atoms with van der Waals surface area (Å²) in [7, 11) is 0. The topological polar surface area (TPSA) is 60.7 Å². The van der Waals surface area contributed by atoms with Crippen molar-refractivity contribution in [3.05, 3.63) is 12.2 Å². The number of aliphatic hydroxyl groups is 3. The van der Waals surface area contributed by atoms with Crippen molar-refractivity contribution in [1.29, 1.82) is 0 Å². The smallest absolute Gasteiger partial charge is 0.0961 e. The van der Waals surface area contributed by atoms with Crippen LogP contribution in [0.1, 0.15) is 46.5 Å². The van der Waals surface area contributed by atoms with Crippen molar-refractivity contribution in [2.75, 3.05) is 0 Å². The van der Waals surface area contributed by atoms with Crippen LogP contribution < -0.4 is 0 Å². The molecule has 3 nitrogen and oxygen atoms in total. The molecule has 0 spiro atoms. The summed E-state index contributed by atoms with van der Waals surface area (Å²) >= 11 is 0. The van der Waals surface area contributed by atoms with Crippen LogP contribution in [0.15, 0.2) is 12.2 Å². The molecule has 0 aromatic heterocycles. The van der Waals surface area contributed by atoms with Crippen LogP contribution in [0.2, 0.25) is 0 Å². The molecule has 5 atom stereocenters. The number of rotatable bonds is 1. The van der Waals surface area contributed by atoms with Gasteiger partial charge in [0, 0.05) is 0 Å². The monoisotopic (exact) mass is 254 g/mol. The molecule has 5 unspecified atom stereocenters. The minimum absolute atomic E-state index is 0.0165. The fourth-order valence-corrected chi connectivity index (χ4v) is 4.21. The van der Waals surface area contributed by atoms with E-state index in [0.717, 1.165) is 18.4 Å². The van der Waals surface area contributed by atoms with Gasteiger partial charge in [-0.15, -0.1) is 0 Å². The number of fused-ring (bicyclic) bond motifs is 1. The average molecular weight is 254 g/mol. The van der Waals surface area contributed by atoms with Crippen LogP contribution in [0.3, 0.4) is 0 Å². The maximum atomic E-state index is 10.9. The van der Waals surface area contributed by atoms with Gasteiger partial charge in [0.2, 0.25) is 0 Å². The quantitative estimate of drug-likeness (QED) is 0.626. The Morgan fingerprint density at radius 3 is 2.44 bits per heavy atom. The van der Waals surface area contributed by atoms with Crippen molar-refractivity contribution in [3.63, 3.8) is 0 Å². The van der Waals surface area contributed by atoms with Crippen molar-refractivity contribution < 1.29 is 15.3 Å². The zero-order valence-corrected chi connectivity index (χ0v) is 11.7. The average Bonchev–Trinajstić information content (AvgIpc) is 2.36. The molecule has 18 heavy (non-hydrogen) atoms. The molecule has 2 fully saturated rings. The Morgan fingerprint density at radius 1 is 1.28 bits per heavy atom. The maximum Gasteiger partial charge on any atom is 0.0961 e. The fraction of sp³-hybridized carbons (Fsp3) is 0.867. The Morgan fingerprint density at radius 2 is 1.89 bits per heavy atom. The summed E-state index contributed by atoms with van der Waals surface area (Å²) in [4.78, 5) is 0. The third kappa shape index (κ3) is 1.84. The number of hydrogen-bond acceptors (Lipinski definition) is 3. The minimum Gasteiger partial charge on any atom is -0.390 e. The third-order valence-corrected chi connectivity index (χ3v) is 5.40. The van der Waals surface area contributed by atoms with Crippen molar-refractivity contribution >= 4 is 0 Å². The SMILES string of the molecule is C=C1CCC2C(C)(CC1O)CC(O)C2(O)C(C)C. The van der Waals surface area contributed by atoms with Gasteiger partial charge < -0.3 is 15.3 Å². The Kier molecular flexibility index (Phi) is 3.37. The van der Waals surface area contributed by atoms with Crippen LogP contribution >= 0.6 is 0 Å². The molecule has 0 saturated heterocycles. The summed E-state index contributed by atoms with van der Waals surface area (Å²) in [5, 5.41) is 31.3. The lowest BCUT2D eigenvalue weighted by atomic mass is 9.69. The highest BCUT2D eigenvalue weighted by atomic mass is 16.3. The highest BCUT2D eigenvalue weighted by Crippen LogP contribution is 2.58. The predicted octanol–water partition coefficient (Wildman–Crippen LogP) is 1.86. The Bertz CT molecular complexity index is 352. The van der Waals surface area contributed by atoms with Gasteiger partial charge in [-0.2, -0.15) is 0 Å². The van der Waals surface area contributed by atoms with E-state index in [0.29, 0.717) is 12.8 Å². The van der Waals surface area contributed by atoms with E-state index < -0.39 is 17.8 Å². The Hall–Kier alpha value is -0.380. The highest BCUT2D eigenvalue weighted by molar-refractivity contribution is 5.16. The molecule has 3 N–H and O–H groups in total. The summed E-state index contributed by atoms with van der Waals surface area (Å²) in [6, 6.07) is 0. The van der Waals surface area contributed by atoms with Crippen molar-refractivity contribution in [1.82, 2.24) is 0 Å². The van der Waals surface area contributed by atoms with Crippen molar-refractivity contribution in [2.45, 2.75) is 64.3 Å². The van der Waals surface area contributed by atoms with Crippen LogP contribution in [0.5, 0.6) is 0 Å². The third-order valence-electron chi connectivity index (χ3n) is 5.40. The minimum atomic E-state index is -1.03. The Labute approximate surface area is 110 Å². The van der Waals surface area contributed by atoms with Gasteiger partial charge in [-0.3, -0.25) is 0 Å². The van der Waals surface area contributed by atoms with Crippen LogP contribution in [-0.2, 0) is 0 Å². The Balaban J connectivity index is 2.38. The second kappa shape index (κ2) is 4.32. The first kappa shape index (κ1) is 14.0. The van der Waals surface area contributed by atoms with Gasteiger partial charge in [-0.25, -0.2) is 0 Å². The summed E-state index contributed by atoms with van der Waals surface area (Å²) in [6.45, 7) is 9.94. The van der Waals surface area contributed by atoms with E-state index in [-0.39, 0.29) is 17.3 Å². The van der Waals surface area contributed by atoms with E-state index in [4.69, 9.17) is 0 Å². The lowest BCUT2D eigenvalue weighted by molar-refractivity contribution is -0.121. The van der Waals surface area contributed by atoms with Crippen molar-refractivity contribution in [3.8, 4) is 0 Å². The maximum absolute atomic E-state index is 10.9. The summed E-state index contributed by atoms with van der Waals surface area (Å²) in [5.41, 5.74) is -0.359. The molecule has 2 saturated carbocycles. The summed E-state index contributed by atoms with van der Waals surface area (Å²) < 4.78 is 0. The van der Waals surface area contributed by atoms with E-state index in [1.165, 1.54) is 0 Å². The summed E-state index contributed by atoms with van der Waals surface area (Å²) in [6.07, 6.45) is 1.52. The standard InChI is InChI=1S/C15H26O3/c1-9(2)15(18)12-6-5-10(3)11(16)7-14(12,4)8-13(15)17/h9,11-13,16-18H,3,5-8H2,1-2,4H3. The van der Waals surface area contributed by atoms with E-state index in [1.54, 1.807) is 0 Å². The largest absolute Gasteiger partial charge is 0.390 e. The molecule has 104 valence electrons. The molecule has 2 rings (SSSR count). The van der Waals surface area contributed by atoms with Gasteiger partial charge in [0.25, 0.3) is 0 Å². The first-order chi connectivity index (χ1) is 8.21. The van der Waals surface area contributed by atoms with Crippen LogP contribution in [-0.4, -0.2) is 33.1 Å². The molecule has 0 amide bonds. The van der Waals surface area contributed by atoms with E-state index >= 15 is 0 Å². The highest BCUT2D eigenvalue weighted by Gasteiger charge is 2.61. The molecule has 0 aliphatic heterocycles. The molecule has 0 aromatic rings. The molecular formula is C15H26O3. The molecule has 0 bridgehead atoms. The molecule has 0 aromatic carbocycles. The second-order valence-corrected chi connectivity index (χ2v) is 6.89. The van der Waals surface area contributed by atoms with Gasteiger partial charge in [0.05, 0.1) is 17.8 Å². The first-order valence-corrected chi connectivity index (χ1v) is 6.98. The molecule has 0 heterocycles. The van der Waals surface area contributed by atoms with Gasteiger partial charge in [-0.05, 0) is 48.5 Å². The molecule has 2 aliphatic carbocycles. The fourth-order valence-electron chi connectivity index (χ4n) is 4.21. The van der Waals surface area contributed by atoms with Gasteiger partial charge in [0.1, 0.15) is 0 Å². The van der Waals surface area contributed by atoms with Crippen LogP contribution in [0.25, 0.3) is 0 Å². The lowest BCUT2D eigenvalue weighted by Gasteiger charge is -2.40. The summed E-state index contributed by atoms with van der Waals surface area (Å²) in [5.74, 6) is 0.0525. The number of hydrogen-bond donors (Lipinski definition) is 3. The van der Waals surface area contributed by atoms with Crippen LogP contribution in [0, 0.1) is 17.3 Å². The molecular weight excluding hydrogens is 228 g/mol. The van der Waals surface area contributed by atoms with Crippen molar-refractivity contribution in [2.24, 2.45) is 17.3 Å². The molecule has 3 heteroatoms.